The molecule has 0 aliphatic carbocycles. The van der Waals surface area contributed by atoms with Crippen LogP contribution in [0.3, 0.4) is 0 Å². The van der Waals surface area contributed by atoms with E-state index >= 15 is 0 Å². The van der Waals surface area contributed by atoms with Gasteiger partial charge in [-0.1, -0.05) is 12.1 Å². The molecule has 3 rings (SSSR count). The molecule has 0 saturated carbocycles. The number of aryl methyl sites for hydroxylation is 2. The van der Waals surface area contributed by atoms with Crippen LogP contribution >= 0.6 is 0 Å². The summed E-state index contributed by atoms with van der Waals surface area (Å²) < 4.78 is 38.5. The highest BCUT2D eigenvalue weighted by atomic mass is 32.2. The molecule has 0 unspecified atom stereocenters. The molecule has 162 valence electrons. The molecule has 0 saturated heterocycles. The van der Waals surface area contributed by atoms with E-state index in [1.165, 1.54) is 19.2 Å². The highest BCUT2D eigenvalue weighted by Gasteiger charge is 2.15. The number of anilines is 2. The van der Waals surface area contributed by atoms with Crippen LogP contribution in [0.1, 0.15) is 11.1 Å². The number of hydrogen-bond acceptors (Lipinski definition) is 5. The molecule has 8 heteroatoms. The molecule has 0 spiro atoms. The van der Waals surface area contributed by atoms with E-state index < -0.39 is 15.9 Å². The number of ether oxygens (including phenoxy) is 2. The fourth-order valence-corrected chi connectivity index (χ4v) is 4.08. The van der Waals surface area contributed by atoms with Gasteiger partial charge in [0.15, 0.2) is 6.61 Å². The summed E-state index contributed by atoms with van der Waals surface area (Å²) in [6.07, 6.45) is 0. The number of carbonyl (C=O) groups is 1. The molecule has 0 fully saturated rings. The minimum Gasteiger partial charge on any atom is -0.497 e. The quantitative estimate of drug-likeness (QED) is 0.549. The lowest BCUT2D eigenvalue weighted by atomic mass is 10.1. The molecule has 0 heterocycles. The van der Waals surface area contributed by atoms with Gasteiger partial charge in [0.2, 0.25) is 0 Å². The third kappa shape index (κ3) is 6.23. The molecule has 0 bridgehead atoms. The summed E-state index contributed by atoms with van der Waals surface area (Å²) in [5.74, 6) is 0.834. The summed E-state index contributed by atoms with van der Waals surface area (Å²) in [5, 5.41) is 2.66. The van der Waals surface area contributed by atoms with Gasteiger partial charge < -0.3 is 14.8 Å². The Morgan fingerprint density at radius 1 is 0.871 bits per heavy atom. The Morgan fingerprint density at radius 2 is 1.55 bits per heavy atom. The van der Waals surface area contributed by atoms with Crippen LogP contribution in [0, 0.1) is 13.8 Å². The molecule has 0 aromatic heterocycles. The molecule has 0 aliphatic heterocycles. The number of benzene rings is 3. The number of sulfonamides is 1. The minimum atomic E-state index is -3.83. The second kappa shape index (κ2) is 9.53. The SMILES string of the molecule is COc1ccc(NS(=O)(=O)c2cccc(NC(=O)COc3cc(C)cc(C)c3)c2)cc1. The highest BCUT2D eigenvalue weighted by Crippen LogP contribution is 2.21. The third-order valence-electron chi connectivity index (χ3n) is 4.34. The highest BCUT2D eigenvalue weighted by molar-refractivity contribution is 7.92. The first kappa shape index (κ1) is 22.2. The standard InChI is InChI=1S/C23H24N2O5S/c1-16-11-17(2)13-21(12-16)30-15-23(26)24-19-5-4-6-22(14-19)31(27,28)25-18-7-9-20(29-3)10-8-18/h4-14,25H,15H2,1-3H3,(H,24,26). The number of hydrogen-bond donors (Lipinski definition) is 2. The maximum Gasteiger partial charge on any atom is 0.262 e. The van der Waals surface area contributed by atoms with Gasteiger partial charge in [-0.05, 0) is 79.6 Å². The molecule has 2 N–H and O–H groups in total. The molecule has 3 aromatic rings. The van der Waals surface area contributed by atoms with Crippen LogP contribution in [-0.4, -0.2) is 28.0 Å². The molecule has 1 amide bonds. The first-order chi connectivity index (χ1) is 14.7. The Bertz CT molecular complexity index is 1150. The average molecular weight is 441 g/mol. The molecular weight excluding hydrogens is 416 g/mol. The summed E-state index contributed by atoms with van der Waals surface area (Å²) in [6, 6.07) is 18.2. The van der Waals surface area contributed by atoms with E-state index in [-0.39, 0.29) is 11.5 Å². The van der Waals surface area contributed by atoms with Crippen molar-refractivity contribution in [1.29, 1.82) is 0 Å². The van der Waals surface area contributed by atoms with Crippen LogP contribution in [0.4, 0.5) is 11.4 Å². The van der Waals surface area contributed by atoms with E-state index in [9.17, 15) is 13.2 Å². The lowest BCUT2D eigenvalue weighted by Crippen LogP contribution is -2.20. The Labute approximate surface area is 182 Å². The van der Waals surface area contributed by atoms with E-state index in [2.05, 4.69) is 10.0 Å². The van der Waals surface area contributed by atoms with Gasteiger partial charge in [-0.25, -0.2) is 8.42 Å². The molecule has 0 radical (unpaired) electrons. The Hall–Kier alpha value is -3.52. The zero-order valence-electron chi connectivity index (χ0n) is 17.5. The van der Waals surface area contributed by atoms with Crippen LogP contribution in [-0.2, 0) is 14.8 Å². The summed E-state index contributed by atoms with van der Waals surface area (Å²) in [7, 11) is -2.30. The summed E-state index contributed by atoms with van der Waals surface area (Å²) in [4.78, 5) is 12.3. The van der Waals surface area contributed by atoms with Crippen molar-refractivity contribution in [3.8, 4) is 11.5 Å². The maximum absolute atomic E-state index is 12.7. The largest absolute Gasteiger partial charge is 0.497 e. The van der Waals surface area contributed by atoms with Crippen molar-refractivity contribution < 1.29 is 22.7 Å². The lowest BCUT2D eigenvalue weighted by Gasteiger charge is -2.11. The topological polar surface area (TPSA) is 93.7 Å². The minimum absolute atomic E-state index is 0.0244. The van der Waals surface area contributed by atoms with E-state index in [4.69, 9.17) is 9.47 Å². The van der Waals surface area contributed by atoms with E-state index in [0.29, 0.717) is 22.9 Å². The van der Waals surface area contributed by atoms with Gasteiger partial charge in [0.1, 0.15) is 11.5 Å². The normalized spacial score (nSPS) is 10.9. The molecule has 3 aromatic carbocycles. The van der Waals surface area contributed by atoms with Crippen molar-refractivity contribution in [2.75, 3.05) is 23.8 Å². The van der Waals surface area contributed by atoms with Crippen molar-refractivity contribution >= 4 is 27.3 Å². The van der Waals surface area contributed by atoms with Crippen LogP contribution in [0.15, 0.2) is 71.6 Å². The lowest BCUT2D eigenvalue weighted by molar-refractivity contribution is -0.118. The molecule has 0 aliphatic rings. The van der Waals surface area contributed by atoms with Crippen molar-refractivity contribution in [2.45, 2.75) is 18.7 Å². The van der Waals surface area contributed by atoms with Gasteiger partial charge in [0.05, 0.1) is 12.0 Å². The van der Waals surface area contributed by atoms with Crippen LogP contribution in [0.5, 0.6) is 11.5 Å². The van der Waals surface area contributed by atoms with Gasteiger partial charge in [-0.15, -0.1) is 0 Å². The van der Waals surface area contributed by atoms with Gasteiger partial charge >= 0.3 is 0 Å². The molecule has 7 nitrogen and oxygen atoms in total. The Morgan fingerprint density at radius 3 is 2.19 bits per heavy atom. The van der Waals surface area contributed by atoms with Gasteiger partial charge in [0, 0.05) is 11.4 Å². The van der Waals surface area contributed by atoms with Crippen molar-refractivity contribution in [3.63, 3.8) is 0 Å². The van der Waals surface area contributed by atoms with Crippen molar-refractivity contribution in [2.24, 2.45) is 0 Å². The zero-order valence-corrected chi connectivity index (χ0v) is 18.3. The maximum atomic E-state index is 12.7. The predicted octanol–water partition coefficient (Wildman–Crippen LogP) is 4.13. The first-order valence-corrected chi connectivity index (χ1v) is 11.0. The van der Waals surface area contributed by atoms with E-state index in [0.717, 1.165) is 11.1 Å². The summed E-state index contributed by atoms with van der Waals surface area (Å²) in [5.41, 5.74) is 2.83. The van der Waals surface area contributed by atoms with Crippen molar-refractivity contribution in [1.82, 2.24) is 0 Å². The number of methoxy groups -OCH3 is 1. The van der Waals surface area contributed by atoms with Gasteiger partial charge in [-0.2, -0.15) is 0 Å². The monoisotopic (exact) mass is 440 g/mol. The Balaban J connectivity index is 1.65. The number of amides is 1. The molecule has 0 atom stereocenters. The summed E-state index contributed by atoms with van der Waals surface area (Å²) in [6.45, 7) is 3.71. The number of nitrogens with one attached hydrogen (secondary N) is 2. The van der Waals surface area contributed by atoms with E-state index in [1.807, 2.05) is 32.0 Å². The smallest absolute Gasteiger partial charge is 0.262 e. The van der Waals surface area contributed by atoms with E-state index in [1.54, 1.807) is 36.4 Å². The van der Waals surface area contributed by atoms with Crippen LogP contribution in [0.25, 0.3) is 0 Å². The fraction of sp³-hybridized carbons (Fsp3) is 0.174. The second-order valence-electron chi connectivity index (χ2n) is 7.02. The third-order valence-corrected chi connectivity index (χ3v) is 5.71. The fourth-order valence-electron chi connectivity index (χ4n) is 2.98. The average Bonchev–Trinajstić information content (AvgIpc) is 2.72. The van der Waals surface area contributed by atoms with Gasteiger partial charge in [0.25, 0.3) is 15.9 Å². The molecular formula is C23H24N2O5S. The van der Waals surface area contributed by atoms with Crippen LogP contribution < -0.4 is 19.5 Å². The number of carbonyl (C=O) groups excluding carboxylic acids is 1. The predicted molar refractivity (Wildman–Crippen MR) is 120 cm³/mol. The van der Waals surface area contributed by atoms with Gasteiger partial charge in [-0.3, -0.25) is 9.52 Å². The van der Waals surface area contributed by atoms with Crippen molar-refractivity contribution in [3.05, 3.63) is 77.9 Å². The summed E-state index contributed by atoms with van der Waals surface area (Å²) >= 11 is 0. The van der Waals surface area contributed by atoms with Crippen LogP contribution in [0.2, 0.25) is 0 Å². The number of rotatable bonds is 8. The first-order valence-electron chi connectivity index (χ1n) is 9.53. The zero-order chi connectivity index (χ0) is 22.4. The second-order valence-corrected chi connectivity index (χ2v) is 8.70. The molecule has 31 heavy (non-hydrogen) atoms. The Kier molecular flexibility index (Phi) is 6.81.